The van der Waals surface area contributed by atoms with Gasteiger partial charge in [0.2, 0.25) is 0 Å². The van der Waals surface area contributed by atoms with Crippen LogP contribution in [0.1, 0.15) is 33.5 Å². The molecule has 3 aromatic carbocycles. The van der Waals surface area contributed by atoms with Crippen LogP contribution in [0.2, 0.25) is 0 Å². The quantitative estimate of drug-likeness (QED) is 0.303. The standard InChI is InChI=1S/C28H29N3O6/c1-19-15-23(26(32)29-13-4-14-35-2)9-12-25(19)22-6-3-5-21(16-22)18-36-24-10-7-20(8-11-24)17-31-27(33)30-28(34)37-31/h3,5-12,15-16H,4,13-14,17-18H2,1-2H3,(H,29,32)(H,30,33,34). The second-order valence-electron chi connectivity index (χ2n) is 8.61. The van der Waals surface area contributed by atoms with Crippen LogP contribution in [0.5, 0.6) is 5.75 Å². The third-order valence-corrected chi connectivity index (χ3v) is 5.82. The first-order valence-electron chi connectivity index (χ1n) is 11.9. The number of H-pyrrole nitrogens is 1. The van der Waals surface area contributed by atoms with Crippen molar-refractivity contribution in [2.24, 2.45) is 0 Å². The first-order valence-corrected chi connectivity index (χ1v) is 11.9. The lowest BCUT2D eigenvalue weighted by molar-refractivity contribution is 0.0948. The van der Waals surface area contributed by atoms with Gasteiger partial charge in [-0.2, -0.15) is 0 Å². The number of hydrogen-bond acceptors (Lipinski definition) is 6. The Morgan fingerprint density at radius 1 is 1.03 bits per heavy atom. The summed E-state index contributed by atoms with van der Waals surface area (Å²) in [4.78, 5) is 37.2. The molecule has 192 valence electrons. The van der Waals surface area contributed by atoms with Crippen LogP contribution in [-0.4, -0.2) is 35.9 Å². The molecule has 1 heterocycles. The van der Waals surface area contributed by atoms with Gasteiger partial charge in [-0.05, 0) is 71.5 Å². The van der Waals surface area contributed by atoms with E-state index in [1.165, 1.54) is 0 Å². The van der Waals surface area contributed by atoms with Gasteiger partial charge in [0, 0.05) is 25.8 Å². The molecule has 2 N–H and O–H groups in total. The molecule has 0 radical (unpaired) electrons. The number of aromatic nitrogens is 2. The van der Waals surface area contributed by atoms with Crippen molar-refractivity contribution in [2.75, 3.05) is 20.3 Å². The number of methoxy groups -OCH3 is 1. The van der Waals surface area contributed by atoms with Gasteiger partial charge in [0.1, 0.15) is 12.4 Å². The van der Waals surface area contributed by atoms with Gasteiger partial charge in [-0.25, -0.2) is 14.6 Å². The Balaban J connectivity index is 1.37. The van der Waals surface area contributed by atoms with Gasteiger partial charge in [0.25, 0.3) is 5.91 Å². The molecule has 0 aliphatic carbocycles. The highest BCUT2D eigenvalue weighted by Gasteiger charge is 2.10. The molecule has 1 aromatic heterocycles. The van der Waals surface area contributed by atoms with E-state index >= 15 is 0 Å². The van der Waals surface area contributed by atoms with E-state index in [9.17, 15) is 14.4 Å². The second kappa shape index (κ2) is 12.0. The molecule has 0 spiro atoms. The predicted molar refractivity (Wildman–Crippen MR) is 139 cm³/mol. The SMILES string of the molecule is COCCCNC(=O)c1ccc(-c2cccc(COc3ccc(Cn4oc(=O)[nH]c4=O)cc3)c2)c(C)c1. The lowest BCUT2D eigenvalue weighted by Crippen LogP contribution is -2.25. The number of hydrogen-bond donors (Lipinski definition) is 2. The molecule has 0 aliphatic rings. The van der Waals surface area contributed by atoms with Crippen LogP contribution in [0.3, 0.4) is 0 Å². The summed E-state index contributed by atoms with van der Waals surface area (Å²) in [7, 11) is 1.64. The van der Waals surface area contributed by atoms with Crippen LogP contribution in [0.15, 0.2) is 80.8 Å². The smallest absolute Gasteiger partial charge is 0.440 e. The number of carbonyl (C=O) groups is 1. The van der Waals surface area contributed by atoms with Gasteiger partial charge in [-0.3, -0.25) is 4.79 Å². The molecule has 9 heteroatoms. The largest absolute Gasteiger partial charge is 0.489 e. The van der Waals surface area contributed by atoms with E-state index in [4.69, 9.17) is 14.0 Å². The molecule has 9 nitrogen and oxygen atoms in total. The molecule has 0 bridgehead atoms. The molecule has 0 unspecified atom stereocenters. The normalized spacial score (nSPS) is 10.9. The lowest BCUT2D eigenvalue weighted by atomic mass is 9.97. The number of aromatic amines is 1. The van der Waals surface area contributed by atoms with Crippen molar-refractivity contribution in [2.45, 2.75) is 26.5 Å². The first kappa shape index (κ1) is 25.7. The van der Waals surface area contributed by atoms with Crippen LogP contribution in [0.4, 0.5) is 0 Å². The number of nitrogens with one attached hydrogen (secondary N) is 2. The monoisotopic (exact) mass is 503 g/mol. The van der Waals surface area contributed by atoms with Crippen LogP contribution in [0, 0.1) is 6.92 Å². The predicted octanol–water partition coefficient (Wildman–Crippen LogP) is 3.50. The van der Waals surface area contributed by atoms with Gasteiger partial charge in [0.15, 0.2) is 0 Å². The van der Waals surface area contributed by atoms with Gasteiger partial charge >= 0.3 is 11.4 Å². The molecule has 4 rings (SSSR count). The zero-order chi connectivity index (χ0) is 26.2. The summed E-state index contributed by atoms with van der Waals surface area (Å²) in [6, 6.07) is 21.0. The van der Waals surface area contributed by atoms with Crippen LogP contribution >= 0.6 is 0 Å². The minimum absolute atomic E-state index is 0.0939. The van der Waals surface area contributed by atoms with E-state index in [1.807, 2.05) is 55.5 Å². The molecule has 0 aliphatic heterocycles. The molecule has 0 saturated heterocycles. The molecule has 0 fully saturated rings. The molecular weight excluding hydrogens is 474 g/mol. The fourth-order valence-corrected chi connectivity index (χ4v) is 3.92. The Hall–Kier alpha value is -4.37. The highest BCUT2D eigenvalue weighted by atomic mass is 16.5. The lowest BCUT2D eigenvalue weighted by Gasteiger charge is -2.12. The number of ether oxygens (including phenoxy) is 2. The van der Waals surface area contributed by atoms with Crippen molar-refractivity contribution >= 4 is 5.91 Å². The summed E-state index contributed by atoms with van der Waals surface area (Å²) in [6.45, 7) is 3.70. The number of benzene rings is 3. The Bertz CT molecular complexity index is 1470. The summed E-state index contributed by atoms with van der Waals surface area (Å²) in [6.07, 6.45) is 0.771. The topological polar surface area (TPSA) is 116 Å². The van der Waals surface area contributed by atoms with Crippen molar-refractivity contribution < 1.29 is 18.8 Å². The third kappa shape index (κ3) is 6.86. The summed E-state index contributed by atoms with van der Waals surface area (Å²) < 4.78 is 16.7. The zero-order valence-electron chi connectivity index (χ0n) is 20.8. The van der Waals surface area contributed by atoms with E-state index in [1.54, 1.807) is 19.2 Å². The number of rotatable bonds is 11. The first-order chi connectivity index (χ1) is 17.9. The van der Waals surface area contributed by atoms with Gasteiger partial charge in [-0.1, -0.05) is 36.4 Å². The molecule has 0 atom stereocenters. The zero-order valence-corrected chi connectivity index (χ0v) is 20.8. The van der Waals surface area contributed by atoms with Crippen LogP contribution in [0.25, 0.3) is 11.1 Å². The average molecular weight is 504 g/mol. The van der Waals surface area contributed by atoms with E-state index < -0.39 is 11.4 Å². The fourth-order valence-electron chi connectivity index (χ4n) is 3.92. The van der Waals surface area contributed by atoms with E-state index in [0.717, 1.165) is 39.0 Å². The maximum Gasteiger partial charge on any atom is 0.440 e. The van der Waals surface area contributed by atoms with Gasteiger partial charge < -0.3 is 19.3 Å². The Labute approximate surface area is 213 Å². The minimum Gasteiger partial charge on any atom is -0.489 e. The van der Waals surface area contributed by atoms with Crippen molar-refractivity contribution in [1.29, 1.82) is 0 Å². The molecule has 0 saturated carbocycles. The van der Waals surface area contributed by atoms with Gasteiger partial charge in [-0.15, -0.1) is 4.74 Å². The molecule has 1 amide bonds. The fraction of sp³-hybridized carbons (Fsp3) is 0.250. The summed E-state index contributed by atoms with van der Waals surface area (Å²) in [5.41, 5.74) is 4.94. The average Bonchev–Trinajstić information content (AvgIpc) is 3.22. The van der Waals surface area contributed by atoms with Gasteiger partial charge in [0.05, 0.1) is 6.54 Å². The Morgan fingerprint density at radius 2 is 1.84 bits per heavy atom. The molecular formula is C28H29N3O6. The summed E-state index contributed by atoms with van der Waals surface area (Å²) in [5.74, 6) is -0.199. The maximum atomic E-state index is 12.4. The number of aryl methyl sites for hydroxylation is 1. The summed E-state index contributed by atoms with van der Waals surface area (Å²) in [5, 5.41) is 2.91. The Kier molecular flexibility index (Phi) is 8.37. The van der Waals surface area contributed by atoms with Crippen LogP contribution < -0.4 is 21.5 Å². The van der Waals surface area contributed by atoms with Crippen molar-refractivity contribution in [3.8, 4) is 16.9 Å². The van der Waals surface area contributed by atoms with E-state index in [0.29, 0.717) is 31.1 Å². The van der Waals surface area contributed by atoms with E-state index in [-0.39, 0.29) is 12.5 Å². The highest BCUT2D eigenvalue weighted by Crippen LogP contribution is 2.26. The van der Waals surface area contributed by atoms with Crippen molar-refractivity contribution in [1.82, 2.24) is 15.0 Å². The maximum absolute atomic E-state index is 12.4. The van der Waals surface area contributed by atoms with Crippen molar-refractivity contribution in [3.63, 3.8) is 0 Å². The van der Waals surface area contributed by atoms with Crippen molar-refractivity contribution in [3.05, 3.63) is 110 Å². The van der Waals surface area contributed by atoms with Crippen LogP contribution in [-0.2, 0) is 17.9 Å². The van der Waals surface area contributed by atoms with E-state index in [2.05, 4.69) is 16.4 Å². The number of amides is 1. The minimum atomic E-state index is -0.780. The Morgan fingerprint density at radius 3 is 2.54 bits per heavy atom. The summed E-state index contributed by atoms with van der Waals surface area (Å²) >= 11 is 0. The number of carbonyl (C=O) groups excluding carboxylic acids is 1. The third-order valence-electron chi connectivity index (χ3n) is 5.82. The molecule has 37 heavy (non-hydrogen) atoms. The highest BCUT2D eigenvalue weighted by molar-refractivity contribution is 5.95. The second-order valence-corrected chi connectivity index (χ2v) is 8.61. The number of nitrogens with zero attached hydrogens (tertiary/aromatic N) is 1. The molecule has 4 aromatic rings.